The maximum absolute atomic E-state index is 13.2. The Morgan fingerprint density at radius 3 is 1.62 bits per heavy atom. The van der Waals surface area contributed by atoms with Gasteiger partial charge in [0.2, 0.25) is 0 Å². The fraction of sp³-hybridized carbons (Fsp3) is 0.622. The van der Waals surface area contributed by atoms with E-state index in [0.717, 1.165) is 70.9 Å². The summed E-state index contributed by atoms with van der Waals surface area (Å²) >= 11 is 5.13. The number of rotatable bonds is 15. The number of ether oxygens (including phenoxy) is 5. The SMILES string of the molecule is [C-]#[N+]C(C(=O)OC(C)(C)C)=C1Sc2c(OCC(CC)CCCC)c3c(c(OCC(CC)CCCC)c2S1)SC(=C1C(=O)OC(C)(C)OC1=O)S3. The second-order valence-corrected chi connectivity index (χ2v) is 18.5. The van der Waals surface area contributed by atoms with Gasteiger partial charge in [0.1, 0.15) is 17.1 Å². The molecule has 2 atom stereocenters. The van der Waals surface area contributed by atoms with Crippen molar-refractivity contribution in [1.29, 1.82) is 0 Å². The van der Waals surface area contributed by atoms with Crippen LogP contribution in [0.15, 0.2) is 39.3 Å². The molecule has 2 unspecified atom stereocenters. The highest BCUT2D eigenvalue weighted by molar-refractivity contribution is 8.26. The van der Waals surface area contributed by atoms with Gasteiger partial charge in [0, 0.05) is 13.8 Å². The first kappa shape index (κ1) is 40.4. The average molecular weight is 764 g/mol. The Labute approximate surface area is 313 Å². The summed E-state index contributed by atoms with van der Waals surface area (Å²) in [7, 11) is 0. The van der Waals surface area contributed by atoms with E-state index in [4.69, 9.17) is 30.3 Å². The molecule has 3 heterocycles. The molecule has 0 spiro atoms. The smallest absolute Gasteiger partial charge is 0.350 e. The zero-order valence-corrected chi connectivity index (χ0v) is 33.8. The highest BCUT2D eigenvalue weighted by Crippen LogP contribution is 2.68. The van der Waals surface area contributed by atoms with Crippen molar-refractivity contribution in [1.82, 2.24) is 0 Å². The van der Waals surface area contributed by atoms with Gasteiger partial charge in [-0.3, -0.25) is 4.79 Å². The third-order valence-corrected chi connectivity index (χ3v) is 13.4. The third-order valence-electron chi connectivity index (χ3n) is 8.22. The molecule has 1 aromatic carbocycles. The molecule has 0 aliphatic carbocycles. The standard InChI is InChI=1S/C37H49NO8S4/c1-11-15-17-21(13-3)19-42-25-27-28(48-34(47-27)23-31(39)45-37(8,9)46-32(23)40)26(43-20-22(14-4)18-16-12-2)30-29(25)49-35(50-30)24(38-10)33(41)44-36(5,6)7/h21-22H,11-20H2,1-9H3. The minimum atomic E-state index is -1.37. The van der Waals surface area contributed by atoms with Crippen molar-refractivity contribution in [2.24, 2.45) is 11.8 Å². The van der Waals surface area contributed by atoms with E-state index in [1.165, 1.54) is 60.9 Å². The number of nitrogens with zero attached hydrogens (tertiary/aromatic N) is 1. The molecule has 4 rings (SSSR count). The minimum Gasteiger partial charge on any atom is -0.491 e. The van der Waals surface area contributed by atoms with Crippen LogP contribution in [0.3, 0.4) is 0 Å². The van der Waals surface area contributed by atoms with E-state index in [9.17, 15) is 14.4 Å². The third kappa shape index (κ3) is 9.72. The van der Waals surface area contributed by atoms with E-state index in [0.29, 0.717) is 45.0 Å². The predicted molar refractivity (Wildman–Crippen MR) is 200 cm³/mol. The maximum Gasteiger partial charge on any atom is 0.350 e. The summed E-state index contributed by atoms with van der Waals surface area (Å²) in [5.41, 5.74) is -1.02. The number of unbranched alkanes of at least 4 members (excludes halogenated alkanes) is 2. The molecule has 0 saturated carbocycles. The van der Waals surface area contributed by atoms with Gasteiger partial charge in [-0.25, -0.2) is 14.4 Å². The van der Waals surface area contributed by atoms with E-state index < -0.39 is 29.3 Å². The summed E-state index contributed by atoms with van der Waals surface area (Å²) in [5.74, 6) is -1.72. The molecular weight excluding hydrogens is 715 g/mol. The van der Waals surface area contributed by atoms with Crippen molar-refractivity contribution in [2.75, 3.05) is 13.2 Å². The van der Waals surface area contributed by atoms with E-state index in [-0.39, 0.29) is 11.3 Å². The van der Waals surface area contributed by atoms with Crippen molar-refractivity contribution in [3.63, 3.8) is 0 Å². The number of thioether (sulfide) groups is 4. The second kappa shape index (κ2) is 17.4. The molecule has 0 N–H and O–H groups in total. The fourth-order valence-corrected chi connectivity index (χ4v) is 10.8. The number of carbonyl (C=O) groups excluding carboxylic acids is 3. The first-order chi connectivity index (χ1) is 23.7. The van der Waals surface area contributed by atoms with Crippen molar-refractivity contribution in [2.45, 2.75) is 145 Å². The van der Waals surface area contributed by atoms with Gasteiger partial charge >= 0.3 is 17.9 Å². The molecular formula is C37H49NO8S4. The molecule has 274 valence electrons. The molecule has 3 aliphatic rings. The van der Waals surface area contributed by atoms with Crippen LogP contribution in [0.4, 0.5) is 0 Å². The molecule has 1 saturated heterocycles. The second-order valence-electron chi connectivity index (χ2n) is 13.9. The van der Waals surface area contributed by atoms with Crippen LogP contribution in [0.5, 0.6) is 11.5 Å². The number of hydrogen-bond donors (Lipinski definition) is 0. The van der Waals surface area contributed by atoms with Gasteiger partial charge in [0.05, 0.1) is 47.8 Å². The van der Waals surface area contributed by atoms with Gasteiger partial charge < -0.3 is 23.7 Å². The lowest BCUT2D eigenvalue weighted by molar-refractivity contribution is -0.222. The molecule has 1 aromatic rings. The van der Waals surface area contributed by atoms with Gasteiger partial charge in [0.25, 0.3) is 11.5 Å². The molecule has 0 aromatic heterocycles. The number of fused-ring (bicyclic) bond motifs is 2. The van der Waals surface area contributed by atoms with Crippen LogP contribution in [0.25, 0.3) is 4.85 Å². The Morgan fingerprint density at radius 1 is 0.800 bits per heavy atom. The highest BCUT2D eigenvalue weighted by Gasteiger charge is 2.45. The lowest BCUT2D eigenvalue weighted by atomic mass is 10.0. The van der Waals surface area contributed by atoms with Gasteiger partial charge in [0.15, 0.2) is 5.57 Å². The van der Waals surface area contributed by atoms with Crippen molar-refractivity contribution in [3.05, 3.63) is 31.2 Å². The van der Waals surface area contributed by atoms with Gasteiger partial charge in [-0.15, -0.1) is 0 Å². The highest BCUT2D eigenvalue weighted by atomic mass is 32.2. The molecule has 13 heteroatoms. The Hall–Kier alpha value is -2.40. The van der Waals surface area contributed by atoms with Crippen LogP contribution in [0.1, 0.15) is 114 Å². The molecule has 50 heavy (non-hydrogen) atoms. The van der Waals surface area contributed by atoms with Gasteiger partial charge in [-0.2, -0.15) is 0 Å². The summed E-state index contributed by atoms with van der Waals surface area (Å²) in [5, 5.41) is 0. The van der Waals surface area contributed by atoms with E-state index in [1.807, 2.05) is 0 Å². The summed E-state index contributed by atoms with van der Waals surface area (Å²) < 4.78 is 30.9. The van der Waals surface area contributed by atoms with Crippen molar-refractivity contribution < 1.29 is 38.1 Å². The van der Waals surface area contributed by atoms with Crippen LogP contribution in [-0.4, -0.2) is 42.5 Å². The largest absolute Gasteiger partial charge is 0.491 e. The number of cyclic esters (lactones) is 2. The zero-order chi connectivity index (χ0) is 36.8. The summed E-state index contributed by atoms with van der Waals surface area (Å²) in [4.78, 5) is 46.2. The molecule has 0 bridgehead atoms. The zero-order valence-electron chi connectivity index (χ0n) is 30.6. The average Bonchev–Trinajstić information content (AvgIpc) is 3.65. The predicted octanol–water partition coefficient (Wildman–Crippen LogP) is 10.8. The minimum absolute atomic E-state index is 0.0923. The maximum atomic E-state index is 13.2. The van der Waals surface area contributed by atoms with Gasteiger partial charge in [-0.05, 0) is 45.4 Å². The van der Waals surface area contributed by atoms with Crippen LogP contribution in [-0.2, 0) is 28.6 Å². The first-order valence-corrected chi connectivity index (χ1v) is 20.7. The van der Waals surface area contributed by atoms with Crippen LogP contribution < -0.4 is 9.47 Å². The Balaban J connectivity index is 1.88. The Bertz CT molecular complexity index is 1500. The molecule has 3 aliphatic heterocycles. The van der Waals surface area contributed by atoms with Crippen LogP contribution >= 0.6 is 47.0 Å². The number of benzene rings is 1. The van der Waals surface area contributed by atoms with Crippen LogP contribution in [0, 0.1) is 18.4 Å². The number of carbonyl (C=O) groups is 3. The molecule has 0 radical (unpaired) electrons. The van der Waals surface area contributed by atoms with Crippen molar-refractivity contribution in [3.8, 4) is 11.5 Å². The van der Waals surface area contributed by atoms with Crippen molar-refractivity contribution >= 4 is 65.0 Å². The Kier molecular flexibility index (Phi) is 14.1. The molecule has 9 nitrogen and oxygen atoms in total. The molecule has 0 amide bonds. The quantitative estimate of drug-likeness (QED) is 0.0735. The monoisotopic (exact) mass is 763 g/mol. The fourth-order valence-electron chi connectivity index (χ4n) is 5.38. The summed E-state index contributed by atoms with van der Waals surface area (Å²) in [6.07, 6.45) is 8.28. The van der Waals surface area contributed by atoms with Crippen LogP contribution in [0.2, 0.25) is 0 Å². The lowest BCUT2D eigenvalue weighted by Crippen LogP contribution is -2.42. The normalized spacial score (nSPS) is 17.7. The number of esters is 3. The summed E-state index contributed by atoms with van der Waals surface area (Å²) in [6, 6.07) is 0. The molecule has 1 fully saturated rings. The van der Waals surface area contributed by atoms with E-state index >= 15 is 0 Å². The topological polar surface area (TPSA) is 102 Å². The van der Waals surface area contributed by atoms with E-state index in [2.05, 4.69) is 32.5 Å². The van der Waals surface area contributed by atoms with Gasteiger partial charge in [-0.1, -0.05) is 113 Å². The first-order valence-electron chi connectivity index (χ1n) is 17.4. The summed E-state index contributed by atoms with van der Waals surface area (Å²) in [6.45, 7) is 25.9. The Morgan fingerprint density at radius 2 is 1.24 bits per heavy atom. The van der Waals surface area contributed by atoms with E-state index in [1.54, 1.807) is 20.8 Å². The lowest BCUT2D eigenvalue weighted by Gasteiger charge is -2.30. The number of hydrogen-bond acceptors (Lipinski definition) is 12.